The van der Waals surface area contributed by atoms with Gasteiger partial charge in [-0.25, -0.2) is 18.1 Å². The summed E-state index contributed by atoms with van der Waals surface area (Å²) in [6.45, 7) is 2.08. The van der Waals surface area contributed by atoms with E-state index in [1.807, 2.05) is 6.92 Å². The molecule has 7 heteroatoms. The van der Waals surface area contributed by atoms with Crippen molar-refractivity contribution in [3.63, 3.8) is 0 Å². The van der Waals surface area contributed by atoms with Gasteiger partial charge in [-0.2, -0.15) is 0 Å². The van der Waals surface area contributed by atoms with Crippen molar-refractivity contribution < 1.29 is 13.5 Å². The van der Waals surface area contributed by atoms with Gasteiger partial charge in [0.15, 0.2) is 0 Å². The Labute approximate surface area is 124 Å². The van der Waals surface area contributed by atoms with Crippen LogP contribution in [0.1, 0.15) is 23.7 Å². The third-order valence-electron chi connectivity index (χ3n) is 3.28. The van der Waals surface area contributed by atoms with Crippen LogP contribution >= 0.6 is 0 Å². The molecule has 1 heterocycles. The highest BCUT2D eigenvalue weighted by molar-refractivity contribution is 7.89. The number of imidazole rings is 1. The number of aromatic nitrogens is 2. The summed E-state index contributed by atoms with van der Waals surface area (Å²) in [5.41, 5.74) is 2.47. The van der Waals surface area contributed by atoms with Gasteiger partial charge in [-0.1, -0.05) is 13.0 Å². The van der Waals surface area contributed by atoms with E-state index in [1.165, 1.54) is 6.07 Å². The second-order valence-corrected chi connectivity index (χ2v) is 6.43. The van der Waals surface area contributed by atoms with Crippen LogP contribution in [-0.4, -0.2) is 30.0 Å². The third-order valence-corrected chi connectivity index (χ3v) is 4.74. The van der Waals surface area contributed by atoms with Crippen LogP contribution in [0.25, 0.3) is 0 Å². The van der Waals surface area contributed by atoms with E-state index in [2.05, 4.69) is 14.7 Å². The fraction of sp³-hybridized carbons (Fsp3) is 0.357. The Morgan fingerprint density at radius 3 is 2.76 bits per heavy atom. The maximum atomic E-state index is 12.2. The molecule has 0 spiro atoms. The first-order valence-electron chi connectivity index (χ1n) is 6.76. The molecule has 0 radical (unpaired) electrons. The molecule has 0 saturated heterocycles. The number of hydrogen-bond acceptors (Lipinski definition) is 4. The zero-order valence-corrected chi connectivity index (χ0v) is 12.7. The molecule has 3 N–H and O–H groups in total. The Hall–Kier alpha value is -1.70. The molecule has 0 unspecified atom stereocenters. The predicted octanol–water partition coefficient (Wildman–Crippen LogP) is 0.985. The minimum atomic E-state index is -3.57. The molecule has 0 aliphatic rings. The number of aryl methyl sites for hydroxylation is 1. The van der Waals surface area contributed by atoms with Crippen molar-refractivity contribution in [2.24, 2.45) is 0 Å². The molecule has 0 amide bonds. The lowest BCUT2D eigenvalue weighted by Crippen LogP contribution is -2.26. The van der Waals surface area contributed by atoms with Crippen LogP contribution in [0.5, 0.6) is 0 Å². The second-order valence-electron chi connectivity index (χ2n) is 4.67. The number of rotatable bonds is 7. The van der Waals surface area contributed by atoms with E-state index >= 15 is 0 Å². The number of hydrogen-bond donors (Lipinski definition) is 3. The number of benzene rings is 1. The smallest absolute Gasteiger partial charge is 0.240 e. The molecular weight excluding hydrogens is 290 g/mol. The van der Waals surface area contributed by atoms with Gasteiger partial charge in [0.1, 0.15) is 0 Å². The molecular formula is C14H19N3O3S. The van der Waals surface area contributed by atoms with E-state index in [0.717, 1.165) is 17.7 Å². The van der Waals surface area contributed by atoms with Crippen molar-refractivity contribution in [2.45, 2.75) is 31.3 Å². The highest BCUT2D eigenvalue weighted by Gasteiger charge is 2.15. The zero-order chi connectivity index (χ0) is 15.3. The average molecular weight is 309 g/mol. The lowest BCUT2D eigenvalue weighted by Gasteiger charge is -2.10. The maximum Gasteiger partial charge on any atom is 0.240 e. The molecule has 0 bridgehead atoms. The first-order valence-corrected chi connectivity index (χ1v) is 8.24. The van der Waals surface area contributed by atoms with Crippen molar-refractivity contribution in [2.75, 3.05) is 6.54 Å². The molecule has 2 aromatic rings. The van der Waals surface area contributed by atoms with Gasteiger partial charge in [0.05, 0.1) is 17.8 Å². The minimum Gasteiger partial charge on any atom is -0.392 e. The number of aromatic amines is 1. The van der Waals surface area contributed by atoms with E-state index < -0.39 is 10.0 Å². The summed E-state index contributed by atoms with van der Waals surface area (Å²) in [5, 5.41) is 9.31. The van der Waals surface area contributed by atoms with E-state index in [1.54, 1.807) is 24.7 Å². The molecule has 0 aliphatic carbocycles. The van der Waals surface area contributed by atoms with Gasteiger partial charge in [0.2, 0.25) is 10.0 Å². The van der Waals surface area contributed by atoms with Gasteiger partial charge >= 0.3 is 0 Å². The predicted molar refractivity (Wildman–Crippen MR) is 79.2 cm³/mol. The summed E-state index contributed by atoms with van der Waals surface area (Å²) < 4.78 is 27.0. The standard InChI is InChI=1S/C14H19N3O3S/c1-2-11-3-4-14(7-12(11)9-18)21(19,20)17-6-5-13-8-15-10-16-13/h3-4,7-8,10,17-18H,2,5-6,9H2,1H3,(H,15,16). The number of aliphatic hydroxyl groups is 1. The molecule has 2 rings (SSSR count). The third kappa shape index (κ3) is 3.90. The molecule has 6 nitrogen and oxygen atoms in total. The molecule has 114 valence electrons. The van der Waals surface area contributed by atoms with Gasteiger partial charge < -0.3 is 10.1 Å². The summed E-state index contributed by atoms with van der Waals surface area (Å²) in [5.74, 6) is 0. The molecule has 0 fully saturated rings. The Bertz CT molecular complexity index is 681. The van der Waals surface area contributed by atoms with E-state index in [0.29, 0.717) is 12.0 Å². The molecule has 0 saturated carbocycles. The van der Waals surface area contributed by atoms with Crippen molar-refractivity contribution in [3.05, 3.63) is 47.5 Å². The summed E-state index contributed by atoms with van der Waals surface area (Å²) >= 11 is 0. The van der Waals surface area contributed by atoms with Crippen LogP contribution in [0, 0.1) is 0 Å². The van der Waals surface area contributed by atoms with Crippen LogP contribution in [0.2, 0.25) is 0 Å². The van der Waals surface area contributed by atoms with Crippen LogP contribution in [0.4, 0.5) is 0 Å². The Morgan fingerprint density at radius 1 is 1.33 bits per heavy atom. The topological polar surface area (TPSA) is 95.1 Å². The lowest BCUT2D eigenvalue weighted by atomic mass is 10.1. The van der Waals surface area contributed by atoms with Crippen LogP contribution in [0.15, 0.2) is 35.6 Å². The van der Waals surface area contributed by atoms with Crippen molar-refractivity contribution in [1.82, 2.24) is 14.7 Å². The second kappa shape index (κ2) is 6.84. The number of sulfonamides is 1. The van der Waals surface area contributed by atoms with Crippen molar-refractivity contribution in [3.8, 4) is 0 Å². The molecule has 1 aromatic heterocycles. The van der Waals surface area contributed by atoms with E-state index in [9.17, 15) is 13.5 Å². The Balaban J connectivity index is 2.08. The fourth-order valence-electron chi connectivity index (χ4n) is 2.09. The minimum absolute atomic E-state index is 0.166. The van der Waals surface area contributed by atoms with Crippen LogP contribution < -0.4 is 4.72 Å². The summed E-state index contributed by atoms with van der Waals surface area (Å²) in [6, 6.07) is 4.84. The van der Waals surface area contributed by atoms with Crippen molar-refractivity contribution >= 4 is 10.0 Å². The highest BCUT2D eigenvalue weighted by atomic mass is 32.2. The van der Waals surface area contributed by atoms with E-state index in [4.69, 9.17) is 0 Å². The maximum absolute atomic E-state index is 12.2. The van der Waals surface area contributed by atoms with Crippen molar-refractivity contribution in [1.29, 1.82) is 0 Å². The first kappa shape index (κ1) is 15.7. The molecule has 0 aliphatic heterocycles. The van der Waals surface area contributed by atoms with E-state index in [-0.39, 0.29) is 18.0 Å². The van der Waals surface area contributed by atoms with Gasteiger partial charge in [-0.05, 0) is 29.7 Å². The number of nitrogens with zero attached hydrogens (tertiary/aromatic N) is 1. The number of nitrogens with one attached hydrogen (secondary N) is 2. The largest absolute Gasteiger partial charge is 0.392 e. The Kier molecular flexibility index (Phi) is 5.11. The van der Waals surface area contributed by atoms with Gasteiger partial charge in [0, 0.05) is 24.9 Å². The molecule has 21 heavy (non-hydrogen) atoms. The summed E-state index contributed by atoms with van der Waals surface area (Å²) in [6.07, 6.45) is 4.51. The summed E-state index contributed by atoms with van der Waals surface area (Å²) in [7, 11) is -3.57. The average Bonchev–Trinajstić information content (AvgIpc) is 2.99. The first-order chi connectivity index (χ1) is 10.1. The zero-order valence-electron chi connectivity index (χ0n) is 11.8. The number of aliphatic hydroxyl groups excluding tert-OH is 1. The van der Waals surface area contributed by atoms with Crippen LogP contribution in [0.3, 0.4) is 0 Å². The Morgan fingerprint density at radius 2 is 2.14 bits per heavy atom. The SMILES string of the molecule is CCc1ccc(S(=O)(=O)NCCc2cnc[nH]2)cc1CO. The monoisotopic (exact) mass is 309 g/mol. The quantitative estimate of drug-likeness (QED) is 0.710. The normalized spacial score (nSPS) is 11.7. The van der Waals surface area contributed by atoms with Crippen LogP contribution in [-0.2, 0) is 29.5 Å². The summed E-state index contributed by atoms with van der Waals surface area (Å²) in [4.78, 5) is 6.97. The molecule has 1 aromatic carbocycles. The van der Waals surface area contributed by atoms with Gasteiger partial charge in [-0.3, -0.25) is 0 Å². The van der Waals surface area contributed by atoms with Gasteiger partial charge in [0.25, 0.3) is 0 Å². The highest BCUT2D eigenvalue weighted by Crippen LogP contribution is 2.17. The fourth-order valence-corrected chi connectivity index (χ4v) is 3.17. The number of H-pyrrole nitrogens is 1. The molecule has 0 atom stereocenters. The lowest BCUT2D eigenvalue weighted by molar-refractivity contribution is 0.280. The van der Waals surface area contributed by atoms with Gasteiger partial charge in [-0.15, -0.1) is 0 Å².